The van der Waals surface area contributed by atoms with Gasteiger partial charge in [-0.2, -0.15) is 0 Å². The maximum atomic E-state index is 4.08. The summed E-state index contributed by atoms with van der Waals surface area (Å²) >= 11 is 0. The van der Waals surface area contributed by atoms with E-state index in [9.17, 15) is 0 Å². The van der Waals surface area contributed by atoms with Crippen molar-refractivity contribution in [2.24, 2.45) is 5.92 Å². The second-order valence-electron chi connectivity index (χ2n) is 5.76. The number of rotatable bonds is 3. The number of hydrogen-bond donors (Lipinski definition) is 0. The molecule has 1 heterocycles. The van der Waals surface area contributed by atoms with Crippen LogP contribution in [-0.4, -0.2) is 49.6 Å². The van der Waals surface area contributed by atoms with Gasteiger partial charge in [-0.3, -0.25) is 4.90 Å². The standard InChI is InChI=1S/C15H26N2/c1-13(2)15-6-4-14(5-7-15)12-17-10-8-16(3)9-11-17/h4,15H,1,5-12H2,2-3H3. The Labute approximate surface area is 106 Å². The molecule has 0 radical (unpaired) electrons. The van der Waals surface area contributed by atoms with E-state index in [1.807, 2.05) is 0 Å². The van der Waals surface area contributed by atoms with Crippen LogP contribution in [0.1, 0.15) is 26.2 Å². The lowest BCUT2D eigenvalue weighted by molar-refractivity contribution is 0.162. The van der Waals surface area contributed by atoms with Crippen molar-refractivity contribution in [2.75, 3.05) is 39.8 Å². The van der Waals surface area contributed by atoms with Crippen LogP contribution in [0.5, 0.6) is 0 Å². The first-order chi connectivity index (χ1) is 8.15. The smallest absolute Gasteiger partial charge is 0.0193 e. The minimum absolute atomic E-state index is 0.742. The van der Waals surface area contributed by atoms with Gasteiger partial charge in [-0.05, 0) is 39.2 Å². The van der Waals surface area contributed by atoms with Gasteiger partial charge >= 0.3 is 0 Å². The van der Waals surface area contributed by atoms with E-state index in [2.05, 4.69) is 36.4 Å². The van der Waals surface area contributed by atoms with Crippen molar-refractivity contribution in [1.29, 1.82) is 0 Å². The lowest BCUT2D eigenvalue weighted by Crippen LogP contribution is -2.45. The highest BCUT2D eigenvalue weighted by Gasteiger charge is 2.18. The maximum Gasteiger partial charge on any atom is 0.0193 e. The van der Waals surface area contributed by atoms with Crippen molar-refractivity contribution in [1.82, 2.24) is 9.80 Å². The molecule has 1 aliphatic carbocycles. The van der Waals surface area contributed by atoms with Crippen molar-refractivity contribution >= 4 is 0 Å². The van der Waals surface area contributed by atoms with Crippen LogP contribution in [0.3, 0.4) is 0 Å². The van der Waals surface area contributed by atoms with E-state index < -0.39 is 0 Å². The molecule has 2 heteroatoms. The van der Waals surface area contributed by atoms with Gasteiger partial charge in [0.2, 0.25) is 0 Å². The van der Waals surface area contributed by atoms with Gasteiger partial charge in [0, 0.05) is 32.7 Å². The molecule has 0 spiro atoms. The monoisotopic (exact) mass is 234 g/mol. The van der Waals surface area contributed by atoms with Gasteiger partial charge in [-0.1, -0.05) is 23.8 Å². The van der Waals surface area contributed by atoms with Crippen LogP contribution in [0, 0.1) is 5.92 Å². The van der Waals surface area contributed by atoms with Crippen LogP contribution in [0.15, 0.2) is 23.8 Å². The van der Waals surface area contributed by atoms with Crippen LogP contribution in [0.2, 0.25) is 0 Å². The lowest BCUT2D eigenvalue weighted by atomic mass is 9.85. The molecule has 2 nitrogen and oxygen atoms in total. The quantitative estimate of drug-likeness (QED) is 0.692. The molecule has 2 rings (SSSR count). The predicted octanol–water partition coefficient (Wildman–Crippen LogP) is 2.54. The Kier molecular flexibility index (Phi) is 4.41. The van der Waals surface area contributed by atoms with Gasteiger partial charge in [0.25, 0.3) is 0 Å². The van der Waals surface area contributed by atoms with Crippen molar-refractivity contribution in [3.05, 3.63) is 23.8 Å². The summed E-state index contributed by atoms with van der Waals surface area (Å²) in [5, 5.41) is 0. The molecule has 1 unspecified atom stereocenters. The summed E-state index contributed by atoms with van der Waals surface area (Å²) in [6, 6.07) is 0. The molecule has 0 saturated carbocycles. The average molecular weight is 234 g/mol. The molecule has 1 aliphatic heterocycles. The Morgan fingerprint density at radius 2 is 2.06 bits per heavy atom. The first-order valence-electron chi connectivity index (χ1n) is 6.89. The number of allylic oxidation sites excluding steroid dienone is 2. The van der Waals surface area contributed by atoms with Crippen LogP contribution in [0.4, 0.5) is 0 Å². The first kappa shape index (κ1) is 12.8. The summed E-state index contributed by atoms with van der Waals surface area (Å²) in [5.74, 6) is 0.742. The van der Waals surface area contributed by atoms with E-state index in [1.165, 1.54) is 57.6 Å². The third kappa shape index (κ3) is 3.68. The summed E-state index contributed by atoms with van der Waals surface area (Å²) in [4.78, 5) is 5.02. The second kappa shape index (κ2) is 5.83. The molecule has 17 heavy (non-hydrogen) atoms. The minimum Gasteiger partial charge on any atom is -0.304 e. The molecule has 96 valence electrons. The maximum absolute atomic E-state index is 4.08. The topological polar surface area (TPSA) is 6.48 Å². The second-order valence-corrected chi connectivity index (χ2v) is 5.76. The summed E-state index contributed by atoms with van der Waals surface area (Å²) in [7, 11) is 2.22. The minimum atomic E-state index is 0.742. The summed E-state index contributed by atoms with van der Waals surface area (Å²) in [6.45, 7) is 12.4. The zero-order valence-corrected chi connectivity index (χ0v) is 11.4. The highest BCUT2D eigenvalue weighted by atomic mass is 15.2. The van der Waals surface area contributed by atoms with Crippen LogP contribution >= 0.6 is 0 Å². The van der Waals surface area contributed by atoms with Crippen LogP contribution < -0.4 is 0 Å². The molecule has 1 saturated heterocycles. The van der Waals surface area contributed by atoms with Gasteiger partial charge in [0.15, 0.2) is 0 Å². The molecule has 0 amide bonds. The normalized spacial score (nSPS) is 27.9. The van der Waals surface area contributed by atoms with E-state index >= 15 is 0 Å². The van der Waals surface area contributed by atoms with Crippen molar-refractivity contribution < 1.29 is 0 Å². The zero-order chi connectivity index (χ0) is 12.3. The van der Waals surface area contributed by atoms with Gasteiger partial charge in [-0.15, -0.1) is 0 Å². The fourth-order valence-corrected chi connectivity index (χ4v) is 2.77. The van der Waals surface area contributed by atoms with Gasteiger partial charge in [0.1, 0.15) is 0 Å². The molecule has 2 aliphatic rings. The van der Waals surface area contributed by atoms with E-state index in [4.69, 9.17) is 0 Å². The van der Waals surface area contributed by atoms with E-state index in [1.54, 1.807) is 5.57 Å². The number of piperazine rings is 1. The Hall–Kier alpha value is -0.600. The third-order valence-electron chi connectivity index (χ3n) is 4.22. The molecular weight excluding hydrogens is 208 g/mol. The van der Waals surface area contributed by atoms with E-state index in [-0.39, 0.29) is 0 Å². The molecule has 0 aromatic heterocycles. The van der Waals surface area contributed by atoms with Crippen molar-refractivity contribution in [3.63, 3.8) is 0 Å². The molecular formula is C15H26N2. The summed E-state index contributed by atoms with van der Waals surface area (Å²) in [6.07, 6.45) is 6.29. The lowest BCUT2D eigenvalue weighted by Gasteiger charge is -2.34. The average Bonchev–Trinajstić information content (AvgIpc) is 2.33. The fraction of sp³-hybridized carbons (Fsp3) is 0.733. The van der Waals surface area contributed by atoms with Crippen molar-refractivity contribution in [3.8, 4) is 0 Å². The summed E-state index contributed by atoms with van der Waals surface area (Å²) in [5.41, 5.74) is 3.02. The number of hydrogen-bond acceptors (Lipinski definition) is 2. The van der Waals surface area contributed by atoms with E-state index in [0.29, 0.717) is 0 Å². The fourth-order valence-electron chi connectivity index (χ4n) is 2.77. The third-order valence-corrected chi connectivity index (χ3v) is 4.22. The van der Waals surface area contributed by atoms with Gasteiger partial charge in [0.05, 0.1) is 0 Å². The highest BCUT2D eigenvalue weighted by Crippen LogP contribution is 2.28. The number of likely N-dealkylation sites (N-methyl/N-ethyl adjacent to an activating group) is 1. The molecule has 1 fully saturated rings. The zero-order valence-electron chi connectivity index (χ0n) is 11.4. The molecule has 0 aromatic rings. The van der Waals surface area contributed by atoms with Gasteiger partial charge in [-0.25, -0.2) is 0 Å². The Bertz CT molecular complexity index is 298. The Balaban J connectivity index is 1.79. The molecule has 0 aromatic carbocycles. The predicted molar refractivity (Wildman–Crippen MR) is 74.2 cm³/mol. The largest absolute Gasteiger partial charge is 0.304 e. The molecule has 0 N–H and O–H groups in total. The Morgan fingerprint density at radius 1 is 1.35 bits per heavy atom. The highest BCUT2D eigenvalue weighted by molar-refractivity contribution is 5.13. The first-order valence-corrected chi connectivity index (χ1v) is 6.89. The number of nitrogens with zero attached hydrogens (tertiary/aromatic N) is 2. The van der Waals surface area contributed by atoms with Crippen LogP contribution in [-0.2, 0) is 0 Å². The van der Waals surface area contributed by atoms with Crippen LogP contribution in [0.25, 0.3) is 0 Å². The molecule has 1 atom stereocenters. The molecule has 0 bridgehead atoms. The Morgan fingerprint density at radius 3 is 2.59 bits per heavy atom. The summed E-state index contributed by atoms with van der Waals surface area (Å²) < 4.78 is 0. The van der Waals surface area contributed by atoms with Crippen molar-refractivity contribution in [2.45, 2.75) is 26.2 Å². The van der Waals surface area contributed by atoms with Gasteiger partial charge < -0.3 is 4.90 Å². The van der Waals surface area contributed by atoms with E-state index in [0.717, 1.165) is 5.92 Å². The SMILES string of the molecule is C=C(C)C1CC=C(CN2CCN(C)CC2)CC1.